The molecule has 0 aromatic carbocycles. The van der Waals surface area contributed by atoms with Crippen LogP contribution in [0.25, 0.3) is 0 Å². The molecule has 0 aliphatic carbocycles. The lowest BCUT2D eigenvalue weighted by molar-refractivity contribution is -0.130. The zero-order valence-corrected chi connectivity index (χ0v) is 14.3. The van der Waals surface area contributed by atoms with Gasteiger partial charge in [0.05, 0.1) is 23.3 Å². The van der Waals surface area contributed by atoms with Crippen molar-refractivity contribution in [1.82, 2.24) is 19.9 Å². The zero-order chi connectivity index (χ0) is 16.2. The molecule has 0 radical (unpaired) electrons. The van der Waals surface area contributed by atoms with Crippen molar-refractivity contribution in [1.29, 1.82) is 0 Å². The standard InChI is InChI=1S/C16H21N5OS/c1-12(2)16-19-13(11-23-16)9-15(22)21-7-5-20(6-8-21)14-10-17-3-4-18-14/h3-4,10-12H,5-9H2,1-2H3. The third-order valence-electron chi connectivity index (χ3n) is 3.90. The summed E-state index contributed by atoms with van der Waals surface area (Å²) in [6.45, 7) is 7.26. The lowest BCUT2D eigenvalue weighted by Gasteiger charge is -2.35. The van der Waals surface area contributed by atoms with Gasteiger partial charge in [-0.05, 0) is 0 Å². The Morgan fingerprint density at radius 3 is 2.65 bits per heavy atom. The third-order valence-corrected chi connectivity index (χ3v) is 5.10. The summed E-state index contributed by atoms with van der Waals surface area (Å²) in [6.07, 6.45) is 5.53. The lowest BCUT2D eigenvalue weighted by Crippen LogP contribution is -2.49. The molecule has 2 aromatic rings. The van der Waals surface area contributed by atoms with Gasteiger partial charge in [-0.15, -0.1) is 11.3 Å². The molecule has 2 aromatic heterocycles. The summed E-state index contributed by atoms with van der Waals surface area (Å²) >= 11 is 1.64. The van der Waals surface area contributed by atoms with Gasteiger partial charge in [-0.25, -0.2) is 9.97 Å². The van der Waals surface area contributed by atoms with Crippen molar-refractivity contribution >= 4 is 23.1 Å². The second kappa shape index (κ2) is 7.04. The molecule has 1 fully saturated rings. The van der Waals surface area contributed by atoms with E-state index in [0.717, 1.165) is 42.7 Å². The number of amides is 1. The van der Waals surface area contributed by atoms with E-state index in [1.165, 1.54) is 0 Å². The van der Waals surface area contributed by atoms with Gasteiger partial charge in [-0.2, -0.15) is 0 Å². The molecular formula is C16H21N5OS. The lowest BCUT2D eigenvalue weighted by atomic mass is 10.2. The maximum atomic E-state index is 12.4. The molecule has 0 saturated carbocycles. The highest BCUT2D eigenvalue weighted by molar-refractivity contribution is 7.09. The van der Waals surface area contributed by atoms with Crippen molar-refractivity contribution in [3.8, 4) is 0 Å². The Morgan fingerprint density at radius 2 is 2.04 bits per heavy atom. The number of hydrogen-bond acceptors (Lipinski definition) is 6. The number of piperazine rings is 1. The fraction of sp³-hybridized carbons (Fsp3) is 0.500. The van der Waals surface area contributed by atoms with Gasteiger partial charge < -0.3 is 9.80 Å². The Kier molecular flexibility index (Phi) is 4.85. The minimum atomic E-state index is 0.157. The molecule has 122 valence electrons. The summed E-state index contributed by atoms with van der Waals surface area (Å²) in [5.41, 5.74) is 0.889. The van der Waals surface area contributed by atoms with Crippen LogP contribution in [0.1, 0.15) is 30.5 Å². The van der Waals surface area contributed by atoms with Crippen LogP contribution >= 0.6 is 11.3 Å². The zero-order valence-electron chi connectivity index (χ0n) is 13.5. The summed E-state index contributed by atoms with van der Waals surface area (Å²) in [5.74, 6) is 1.45. The van der Waals surface area contributed by atoms with Gasteiger partial charge in [0.25, 0.3) is 0 Å². The van der Waals surface area contributed by atoms with E-state index < -0.39 is 0 Å². The molecule has 1 aliphatic heterocycles. The summed E-state index contributed by atoms with van der Waals surface area (Å²) in [4.78, 5) is 29.5. The highest BCUT2D eigenvalue weighted by atomic mass is 32.1. The molecular weight excluding hydrogens is 310 g/mol. The van der Waals surface area contributed by atoms with Crippen LogP contribution in [0.15, 0.2) is 24.0 Å². The van der Waals surface area contributed by atoms with Gasteiger partial charge >= 0.3 is 0 Å². The van der Waals surface area contributed by atoms with Crippen LogP contribution in [-0.4, -0.2) is 51.9 Å². The normalized spacial score (nSPS) is 15.3. The molecule has 3 rings (SSSR count). The number of carbonyl (C=O) groups excluding carboxylic acids is 1. The van der Waals surface area contributed by atoms with E-state index in [4.69, 9.17) is 0 Å². The molecule has 0 spiro atoms. The first-order chi connectivity index (χ1) is 11.1. The van der Waals surface area contributed by atoms with Gasteiger partial charge in [0.1, 0.15) is 5.82 Å². The van der Waals surface area contributed by atoms with Crippen LogP contribution < -0.4 is 4.90 Å². The Morgan fingerprint density at radius 1 is 1.26 bits per heavy atom. The monoisotopic (exact) mass is 331 g/mol. The molecule has 7 heteroatoms. The van der Waals surface area contributed by atoms with Crippen molar-refractivity contribution < 1.29 is 4.79 Å². The molecule has 23 heavy (non-hydrogen) atoms. The number of anilines is 1. The quantitative estimate of drug-likeness (QED) is 0.857. The Balaban J connectivity index is 1.53. The van der Waals surface area contributed by atoms with Crippen LogP contribution in [0.4, 0.5) is 5.82 Å². The average Bonchev–Trinajstić information content (AvgIpc) is 3.04. The highest BCUT2D eigenvalue weighted by Gasteiger charge is 2.22. The molecule has 0 bridgehead atoms. The SMILES string of the molecule is CC(C)c1nc(CC(=O)N2CCN(c3cnccn3)CC2)cs1. The average molecular weight is 331 g/mol. The first kappa shape index (κ1) is 15.9. The molecule has 1 amide bonds. The van der Waals surface area contributed by atoms with E-state index in [9.17, 15) is 4.79 Å². The van der Waals surface area contributed by atoms with E-state index in [1.54, 1.807) is 29.9 Å². The minimum Gasteiger partial charge on any atom is -0.352 e. The van der Waals surface area contributed by atoms with E-state index in [1.807, 2.05) is 10.3 Å². The van der Waals surface area contributed by atoms with Gasteiger partial charge in [-0.3, -0.25) is 9.78 Å². The predicted molar refractivity (Wildman–Crippen MR) is 90.7 cm³/mol. The largest absolute Gasteiger partial charge is 0.352 e. The Labute approximate surface area is 140 Å². The molecule has 0 unspecified atom stereocenters. The van der Waals surface area contributed by atoms with Crippen molar-refractivity contribution in [3.63, 3.8) is 0 Å². The predicted octanol–water partition coefficient (Wildman–Crippen LogP) is 1.95. The van der Waals surface area contributed by atoms with Crippen LogP contribution in [0.2, 0.25) is 0 Å². The van der Waals surface area contributed by atoms with E-state index in [0.29, 0.717) is 12.3 Å². The number of hydrogen-bond donors (Lipinski definition) is 0. The van der Waals surface area contributed by atoms with Crippen molar-refractivity contribution in [3.05, 3.63) is 34.7 Å². The van der Waals surface area contributed by atoms with Crippen LogP contribution in [-0.2, 0) is 11.2 Å². The summed E-state index contributed by atoms with van der Waals surface area (Å²) in [6, 6.07) is 0. The molecule has 1 aliphatic rings. The molecule has 0 atom stereocenters. The first-order valence-corrected chi connectivity index (χ1v) is 8.74. The fourth-order valence-electron chi connectivity index (χ4n) is 2.58. The Hall–Kier alpha value is -2.02. The number of thiazole rings is 1. The minimum absolute atomic E-state index is 0.157. The summed E-state index contributed by atoms with van der Waals surface area (Å²) in [5, 5.41) is 3.10. The fourth-order valence-corrected chi connectivity index (χ4v) is 3.41. The van der Waals surface area contributed by atoms with Crippen LogP contribution in [0.3, 0.4) is 0 Å². The van der Waals surface area contributed by atoms with E-state index in [-0.39, 0.29) is 5.91 Å². The molecule has 1 saturated heterocycles. The maximum Gasteiger partial charge on any atom is 0.228 e. The second-order valence-corrected chi connectivity index (χ2v) is 6.83. The molecule has 0 N–H and O–H groups in total. The smallest absolute Gasteiger partial charge is 0.228 e. The van der Waals surface area contributed by atoms with Gasteiger partial charge in [-0.1, -0.05) is 13.8 Å². The first-order valence-electron chi connectivity index (χ1n) is 7.86. The van der Waals surface area contributed by atoms with Gasteiger partial charge in [0.15, 0.2) is 0 Å². The van der Waals surface area contributed by atoms with Gasteiger partial charge in [0, 0.05) is 49.9 Å². The highest BCUT2D eigenvalue weighted by Crippen LogP contribution is 2.20. The molecule has 3 heterocycles. The van der Waals surface area contributed by atoms with Crippen molar-refractivity contribution in [2.24, 2.45) is 0 Å². The second-order valence-electron chi connectivity index (χ2n) is 5.94. The van der Waals surface area contributed by atoms with Crippen molar-refractivity contribution in [2.45, 2.75) is 26.2 Å². The number of aromatic nitrogens is 3. The molecule has 6 nitrogen and oxygen atoms in total. The topological polar surface area (TPSA) is 62.2 Å². The Bertz CT molecular complexity index is 650. The summed E-state index contributed by atoms with van der Waals surface area (Å²) < 4.78 is 0. The number of carbonyl (C=O) groups is 1. The van der Waals surface area contributed by atoms with Crippen molar-refractivity contribution in [2.75, 3.05) is 31.1 Å². The van der Waals surface area contributed by atoms with E-state index >= 15 is 0 Å². The van der Waals surface area contributed by atoms with Crippen LogP contribution in [0.5, 0.6) is 0 Å². The van der Waals surface area contributed by atoms with E-state index in [2.05, 4.69) is 33.7 Å². The maximum absolute atomic E-state index is 12.4. The third kappa shape index (κ3) is 3.85. The van der Waals surface area contributed by atoms with Gasteiger partial charge in [0.2, 0.25) is 5.91 Å². The number of rotatable bonds is 4. The number of nitrogens with zero attached hydrogens (tertiary/aromatic N) is 5. The van der Waals surface area contributed by atoms with Crippen LogP contribution in [0, 0.1) is 0 Å². The summed E-state index contributed by atoms with van der Waals surface area (Å²) in [7, 11) is 0.